The molecule has 3 heterocycles. The standard InChI is InChI=1S/C13H18N6.CH5N/c1-2-9-7-11(18-17-9)10-8-12(16-13(14)15-10)19-5-3-4-6-19;1-2/h7-8H,2-6H2,1H3,(H,17,18)(H2,14,15,16);2H2,1H3. The highest BCUT2D eigenvalue weighted by Gasteiger charge is 2.16. The number of nitrogens with two attached hydrogens (primary N) is 2. The van der Waals surface area contributed by atoms with E-state index in [0.29, 0.717) is 5.95 Å². The Bertz CT molecular complexity index is 572. The van der Waals surface area contributed by atoms with E-state index in [-0.39, 0.29) is 0 Å². The van der Waals surface area contributed by atoms with E-state index in [2.05, 4.69) is 37.7 Å². The number of nitrogens with zero attached hydrogens (tertiary/aromatic N) is 4. The molecule has 2 aromatic rings. The molecule has 0 unspecified atom stereocenters. The Balaban J connectivity index is 0.000000774. The third-order valence-electron chi connectivity index (χ3n) is 3.43. The summed E-state index contributed by atoms with van der Waals surface area (Å²) in [7, 11) is 1.50. The van der Waals surface area contributed by atoms with Gasteiger partial charge in [-0.1, -0.05) is 6.92 Å². The molecule has 0 atom stereocenters. The lowest BCUT2D eigenvalue weighted by molar-refractivity contribution is 0.930. The highest BCUT2D eigenvalue weighted by atomic mass is 15.2. The van der Waals surface area contributed by atoms with Crippen LogP contribution >= 0.6 is 0 Å². The van der Waals surface area contributed by atoms with Gasteiger partial charge in [-0.3, -0.25) is 5.10 Å². The molecule has 0 bridgehead atoms. The first kappa shape index (κ1) is 15.2. The average Bonchev–Trinajstić information content (AvgIpc) is 3.20. The summed E-state index contributed by atoms with van der Waals surface area (Å²) in [5.74, 6) is 1.21. The van der Waals surface area contributed by atoms with E-state index in [4.69, 9.17) is 5.73 Å². The molecule has 0 aromatic carbocycles. The maximum absolute atomic E-state index is 5.82. The second kappa shape index (κ2) is 7.03. The first-order valence-corrected chi connectivity index (χ1v) is 7.28. The number of aromatic nitrogens is 4. The van der Waals surface area contributed by atoms with Crippen LogP contribution in [0.5, 0.6) is 0 Å². The molecule has 1 saturated heterocycles. The molecule has 0 amide bonds. The van der Waals surface area contributed by atoms with Gasteiger partial charge >= 0.3 is 0 Å². The van der Waals surface area contributed by atoms with Crippen LogP contribution in [0, 0.1) is 0 Å². The molecule has 1 aliphatic heterocycles. The Hall–Kier alpha value is -2.15. The second-order valence-corrected chi connectivity index (χ2v) is 4.80. The first-order chi connectivity index (χ1) is 10.3. The number of nitrogens with one attached hydrogen (secondary N) is 1. The summed E-state index contributed by atoms with van der Waals surface area (Å²) in [6, 6.07) is 3.98. The molecule has 0 radical (unpaired) electrons. The molecule has 114 valence electrons. The summed E-state index contributed by atoms with van der Waals surface area (Å²) in [5, 5.41) is 7.27. The van der Waals surface area contributed by atoms with Crippen molar-refractivity contribution in [1.82, 2.24) is 20.2 Å². The topological polar surface area (TPSA) is 110 Å². The van der Waals surface area contributed by atoms with E-state index >= 15 is 0 Å². The van der Waals surface area contributed by atoms with Crippen LogP contribution in [0.15, 0.2) is 12.1 Å². The third kappa shape index (κ3) is 3.49. The summed E-state index contributed by atoms with van der Waals surface area (Å²) in [5.41, 5.74) is 13.0. The van der Waals surface area contributed by atoms with Crippen LogP contribution in [-0.2, 0) is 6.42 Å². The number of rotatable bonds is 3. The van der Waals surface area contributed by atoms with Gasteiger partial charge in [0, 0.05) is 24.8 Å². The number of aromatic amines is 1. The van der Waals surface area contributed by atoms with Crippen molar-refractivity contribution in [2.75, 3.05) is 30.8 Å². The average molecular weight is 289 g/mol. The van der Waals surface area contributed by atoms with Crippen molar-refractivity contribution in [3.8, 4) is 11.4 Å². The van der Waals surface area contributed by atoms with Crippen LogP contribution in [0.3, 0.4) is 0 Å². The molecule has 1 aliphatic rings. The molecule has 0 aliphatic carbocycles. The van der Waals surface area contributed by atoms with Crippen molar-refractivity contribution in [2.24, 2.45) is 5.73 Å². The van der Waals surface area contributed by atoms with Crippen LogP contribution in [0.4, 0.5) is 11.8 Å². The van der Waals surface area contributed by atoms with E-state index in [0.717, 1.165) is 42.4 Å². The minimum atomic E-state index is 0.306. The van der Waals surface area contributed by atoms with Crippen LogP contribution in [-0.4, -0.2) is 40.3 Å². The number of H-pyrrole nitrogens is 1. The Kier molecular flexibility index (Phi) is 5.10. The lowest BCUT2D eigenvalue weighted by Gasteiger charge is -2.16. The van der Waals surface area contributed by atoms with Gasteiger partial charge in [-0.2, -0.15) is 10.1 Å². The van der Waals surface area contributed by atoms with Crippen LogP contribution in [0.25, 0.3) is 11.4 Å². The van der Waals surface area contributed by atoms with Gasteiger partial charge in [-0.15, -0.1) is 0 Å². The fraction of sp³-hybridized carbons (Fsp3) is 0.500. The number of aryl methyl sites for hydroxylation is 1. The number of anilines is 2. The van der Waals surface area contributed by atoms with Gasteiger partial charge in [0.25, 0.3) is 0 Å². The minimum absolute atomic E-state index is 0.306. The van der Waals surface area contributed by atoms with Crippen LogP contribution in [0.1, 0.15) is 25.5 Å². The first-order valence-electron chi connectivity index (χ1n) is 7.28. The smallest absolute Gasteiger partial charge is 0.222 e. The van der Waals surface area contributed by atoms with Crippen molar-refractivity contribution in [3.05, 3.63) is 17.8 Å². The maximum atomic E-state index is 5.82. The summed E-state index contributed by atoms with van der Waals surface area (Å²) < 4.78 is 0. The second-order valence-electron chi connectivity index (χ2n) is 4.80. The summed E-state index contributed by atoms with van der Waals surface area (Å²) in [4.78, 5) is 10.8. The molecule has 7 heteroatoms. The molecule has 21 heavy (non-hydrogen) atoms. The van der Waals surface area contributed by atoms with Gasteiger partial charge < -0.3 is 16.4 Å². The van der Waals surface area contributed by atoms with Crippen molar-refractivity contribution < 1.29 is 0 Å². The van der Waals surface area contributed by atoms with Gasteiger partial charge in [-0.05, 0) is 32.4 Å². The van der Waals surface area contributed by atoms with E-state index in [1.165, 1.54) is 19.9 Å². The number of hydrogen-bond donors (Lipinski definition) is 3. The molecule has 1 fully saturated rings. The zero-order chi connectivity index (χ0) is 15.2. The summed E-state index contributed by atoms with van der Waals surface area (Å²) >= 11 is 0. The van der Waals surface area contributed by atoms with E-state index in [1.807, 2.05) is 12.1 Å². The fourth-order valence-electron chi connectivity index (χ4n) is 2.37. The monoisotopic (exact) mass is 289 g/mol. The zero-order valence-corrected chi connectivity index (χ0v) is 12.6. The van der Waals surface area contributed by atoms with Crippen molar-refractivity contribution in [1.29, 1.82) is 0 Å². The summed E-state index contributed by atoms with van der Waals surface area (Å²) in [6.45, 7) is 4.16. The van der Waals surface area contributed by atoms with Crippen molar-refractivity contribution in [3.63, 3.8) is 0 Å². The normalized spacial score (nSPS) is 14.0. The Morgan fingerprint density at radius 1 is 1.14 bits per heavy atom. The van der Waals surface area contributed by atoms with E-state index in [9.17, 15) is 0 Å². The molecule has 3 rings (SSSR count). The quantitative estimate of drug-likeness (QED) is 0.783. The highest BCUT2D eigenvalue weighted by Crippen LogP contribution is 2.24. The third-order valence-corrected chi connectivity index (χ3v) is 3.43. The Morgan fingerprint density at radius 2 is 1.86 bits per heavy atom. The predicted molar refractivity (Wildman–Crippen MR) is 85.0 cm³/mol. The van der Waals surface area contributed by atoms with Gasteiger partial charge in [-0.25, -0.2) is 4.98 Å². The Labute approximate surface area is 124 Å². The highest BCUT2D eigenvalue weighted by molar-refractivity contribution is 5.61. The Morgan fingerprint density at radius 3 is 2.48 bits per heavy atom. The van der Waals surface area contributed by atoms with Crippen LogP contribution in [0.2, 0.25) is 0 Å². The molecule has 2 aromatic heterocycles. The zero-order valence-electron chi connectivity index (χ0n) is 12.6. The summed E-state index contributed by atoms with van der Waals surface area (Å²) in [6.07, 6.45) is 3.34. The molecule has 7 nitrogen and oxygen atoms in total. The molecule has 0 saturated carbocycles. The SMILES string of the molecule is CCc1cc(-c2cc(N3CCCC3)nc(N)n2)n[nH]1.CN. The van der Waals surface area contributed by atoms with Gasteiger partial charge in [0.1, 0.15) is 11.5 Å². The van der Waals surface area contributed by atoms with Gasteiger partial charge in [0.2, 0.25) is 5.95 Å². The number of hydrogen-bond acceptors (Lipinski definition) is 6. The predicted octanol–water partition coefficient (Wildman–Crippen LogP) is 1.19. The number of nitrogen functional groups attached to an aromatic ring is 1. The maximum Gasteiger partial charge on any atom is 0.222 e. The largest absolute Gasteiger partial charge is 0.368 e. The lowest BCUT2D eigenvalue weighted by Crippen LogP contribution is -2.19. The van der Waals surface area contributed by atoms with Crippen molar-refractivity contribution in [2.45, 2.75) is 26.2 Å². The molecular weight excluding hydrogens is 266 g/mol. The van der Waals surface area contributed by atoms with Crippen LogP contribution < -0.4 is 16.4 Å². The fourth-order valence-corrected chi connectivity index (χ4v) is 2.37. The lowest BCUT2D eigenvalue weighted by atomic mass is 10.2. The molecule has 0 spiro atoms. The molecular formula is C14H23N7. The van der Waals surface area contributed by atoms with Crippen molar-refractivity contribution >= 4 is 11.8 Å². The van der Waals surface area contributed by atoms with E-state index < -0.39 is 0 Å². The van der Waals surface area contributed by atoms with Gasteiger partial charge in [0.05, 0.1) is 5.69 Å². The van der Waals surface area contributed by atoms with E-state index in [1.54, 1.807) is 0 Å². The van der Waals surface area contributed by atoms with Gasteiger partial charge in [0.15, 0.2) is 0 Å². The minimum Gasteiger partial charge on any atom is -0.368 e. The molecule has 5 N–H and O–H groups in total.